The molecule has 0 saturated carbocycles. The zero-order chi connectivity index (χ0) is 9.97. The van der Waals surface area contributed by atoms with Crippen molar-refractivity contribution in [1.82, 2.24) is 4.98 Å². The van der Waals surface area contributed by atoms with Gasteiger partial charge in [0.05, 0.1) is 5.69 Å². The quantitative estimate of drug-likeness (QED) is 0.735. The number of aromatic nitrogens is 1. The van der Waals surface area contributed by atoms with Gasteiger partial charge in [0, 0.05) is 17.3 Å². The summed E-state index contributed by atoms with van der Waals surface area (Å²) in [4.78, 5) is 14.7. The van der Waals surface area contributed by atoms with Crippen LogP contribution in [0.1, 0.15) is 30.3 Å². The van der Waals surface area contributed by atoms with Gasteiger partial charge < -0.3 is 4.98 Å². The van der Waals surface area contributed by atoms with Gasteiger partial charge in [0.2, 0.25) is 0 Å². The summed E-state index contributed by atoms with van der Waals surface area (Å²) < 4.78 is 0. The summed E-state index contributed by atoms with van der Waals surface area (Å²) in [5.74, 6) is 0.198. The first kappa shape index (κ1) is 9.00. The first-order valence-electron chi connectivity index (χ1n) is 4.92. The van der Waals surface area contributed by atoms with E-state index >= 15 is 0 Å². The lowest BCUT2D eigenvalue weighted by molar-refractivity contribution is 0.0978. The summed E-state index contributed by atoms with van der Waals surface area (Å²) in [6.45, 7) is 2.01. The fourth-order valence-corrected chi connectivity index (χ4v) is 1.59. The van der Waals surface area contributed by atoms with E-state index in [1.807, 2.05) is 37.3 Å². The maximum Gasteiger partial charge on any atom is 0.179 e. The van der Waals surface area contributed by atoms with E-state index in [-0.39, 0.29) is 5.78 Å². The highest BCUT2D eigenvalue weighted by Gasteiger charge is 2.07. The summed E-state index contributed by atoms with van der Waals surface area (Å²) in [7, 11) is 0. The third kappa shape index (κ3) is 1.55. The fourth-order valence-electron chi connectivity index (χ4n) is 1.59. The first-order valence-corrected chi connectivity index (χ1v) is 4.92. The third-order valence-electron chi connectivity index (χ3n) is 2.31. The minimum Gasteiger partial charge on any atom is -0.352 e. The van der Waals surface area contributed by atoms with E-state index in [1.165, 1.54) is 0 Å². The van der Waals surface area contributed by atoms with Crippen molar-refractivity contribution in [2.24, 2.45) is 0 Å². The Hall–Kier alpha value is -1.57. The van der Waals surface area contributed by atoms with Crippen LogP contribution in [0.2, 0.25) is 0 Å². The van der Waals surface area contributed by atoms with E-state index in [0.29, 0.717) is 6.42 Å². The van der Waals surface area contributed by atoms with Crippen LogP contribution in [0.15, 0.2) is 30.3 Å². The molecule has 0 aliphatic carbocycles. The van der Waals surface area contributed by atoms with Gasteiger partial charge in [-0.15, -0.1) is 0 Å². The Kier molecular flexibility index (Phi) is 2.35. The number of carbonyl (C=O) groups is 1. The number of hydrogen-bond acceptors (Lipinski definition) is 1. The molecule has 0 spiro atoms. The van der Waals surface area contributed by atoms with Crippen LogP contribution in [0.3, 0.4) is 0 Å². The van der Waals surface area contributed by atoms with Crippen molar-refractivity contribution in [2.75, 3.05) is 0 Å². The first-order chi connectivity index (χ1) is 6.81. The lowest BCUT2D eigenvalue weighted by Crippen LogP contribution is -1.97. The predicted molar refractivity (Wildman–Crippen MR) is 57.5 cm³/mol. The summed E-state index contributed by atoms with van der Waals surface area (Å²) in [5, 5.41) is 1.10. The number of H-pyrrole nitrogens is 1. The molecule has 0 amide bonds. The molecule has 1 N–H and O–H groups in total. The second kappa shape index (κ2) is 3.66. The van der Waals surface area contributed by atoms with Crippen LogP contribution in [0.5, 0.6) is 0 Å². The lowest BCUT2D eigenvalue weighted by atomic mass is 10.2. The van der Waals surface area contributed by atoms with Gasteiger partial charge in [-0.05, 0) is 18.6 Å². The normalized spacial score (nSPS) is 10.6. The molecule has 2 nitrogen and oxygen atoms in total. The molecular weight excluding hydrogens is 174 g/mol. The largest absolute Gasteiger partial charge is 0.352 e. The molecule has 0 bridgehead atoms. The maximum atomic E-state index is 11.6. The standard InChI is InChI=1S/C12H13NO/c1-2-5-12(14)11-8-9-6-3-4-7-10(9)13-11/h3-4,6-8,13H,2,5H2,1H3. The second-order valence-electron chi connectivity index (χ2n) is 3.44. The number of nitrogens with one attached hydrogen (secondary N) is 1. The van der Waals surface area contributed by atoms with Gasteiger partial charge in [-0.3, -0.25) is 4.79 Å². The Labute approximate surface area is 82.9 Å². The van der Waals surface area contributed by atoms with Crippen LogP contribution in [-0.4, -0.2) is 10.8 Å². The van der Waals surface area contributed by atoms with Gasteiger partial charge in [0.15, 0.2) is 5.78 Å². The van der Waals surface area contributed by atoms with Crippen molar-refractivity contribution in [3.63, 3.8) is 0 Å². The maximum absolute atomic E-state index is 11.6. The molecule has 2 aromatic rings. The molecule has 0 radical (unpaired) electrons. The summed E-state index contributed by atoms with van der Waals surface area (Å²) in [6, 6.07) is 9.86. The Morgan fingerprint density at radius 2 is 2.14 bits per heavy atom. The van der Waals surface area contributed by atoms with Crippen molar-refractivity contribution in [1.29, 1.82) is 0 Å². The van der Waals surface area contributed by atoms with Gasteiger partial charge >= 0.3 is 0 Å². The fraction of sp³-hybridized carbons (Fsp3) is 0.250. The van der Waals surface area contributed by atoms with Crippen LogP contribution < -0.4 is 0 Å². The highest BCUT2D eigenvalue weighted by molar-refractivity contribution is 5.99. The van der Waals surface area contributed by atoms with Crippen LogP contribution in [0.4, 0.5) is 0 Å². The molecule has 0 aliphatic rings. The molecule has 14 heavy (non-hydrogen) atoms. The van der Waals surface area contributed by atoms with Crippen LogP contribution in [0, 0.1) is 0 Å². The van der Waals surface area contributed by atoms with Crippen LogP contribution in [0.25, 0.3) is 10.9 Å². The van der Waals surface area contributed by atoms with E-state index in [2.05, 4.69) is 4.98 Å². The average molecular weight is 187 g/mol. The molecule has 72 valence electrons. The number of Topliss-reactive ketones (excluding diaryl/α,β-unsaturated/α-hetero) is 1. The number of hydrogen-bond donors (Lipinski definition) is 1. The Balaban J connectivity index is 2.40. The van der Waals surface area contributed by atoms with Crippen molar-refractivity contribution in [3.05, 3.63) is 36.0 Å². The molecule has 1 heterocycles. The van der Waals surface area contributed by atoms with Gasteiger partial charge in [-0.2, -0.15) is 0 Å². The van der Waals surface area contributed by atoms with E-state index in [1.54, 1.807) is 0 Å². The lowest BCUT2D eigenvalue weighted by Gasteiger charge is -1.92. The van der Waals surface area contributed by atoms with Crippen molar-refractivity contribution in [2.45, 2.75) is 19.8 Å². The number of aromatic amines is 1. The monoisotopic (exact) mass is 187 g/mol. The smallest absolute Gasteiger partial charge is 0.179 e. The molecule has 0 saturated heterocycles. The highest BCUT2D eigenvalue weighted by atomic mass is 16.1. The number of carbonyl (C=O) groups excluding carboxylic acids is 1. The Bertz CT molecular complexity index is 423. The summed E-state index contributed by atoms with van der Waals surface area (Å²) in [5.41, 5.74) is 1.76. The SMILES string of the molecule is CCCC(=O)c1cc2ccccc2[nH]1. The zero-order valence-electron chi connectivity index (χ0n) is 8.21. The third-order valence-corrected chi connectivity index (χ3v) is 2.31. The molecule has 0 unspecified atom stereocenters. The molecular formula is C12H13NO. The summed E-state index contributed by atoms with van der Waals surface area (Å²) >= 11 is 0. The molecule has 2 heteroatoms. The minimum absolute atomic E-state index is 0.198. The van der Waals surface area contributed by atoms with Gasteiger partial charge in [0.25, 0.3) is 0 Å². The van der Waals surface area contributed by atoms with Gasteiger partial charge in [0.1, 0.15) is 0 Å². The predicted octanol–water partition coefficient (Wildman–Crippen LogP) is 3.15. The van der Waals surface area contributed by atoms with Crippen LogP contribution in [-0.2, 0) is 0 Å². The Morgan fingerprint density at radius 3 is 2.86 bits per heavy atom. The summed E-state index contributed by atoms with van der Waals surface area (Å²) in [6.07, 6.45) is 1.51. The second-order valence-corrected chi connectivity index (χ2v) is 3.44. The Morgan fingerprint density at radius 1 is 1.36 bits per heavy atom. The van der Waals surface area contributed by atoms with Crippen molar-refractivity contribution < 1.29 is 4.79 Å². The average Bonchev–Trinajstić information content (AvgIpc) is 2.61. The highest BCUT2D eigenvalue weighted by Crippen LogP contribution is 2.15. The molecule has 0 aliphatic heterocycles. The zero-order valence-corrected chi connectivity index (χ0v) is 8.21. The van der Waals surface area contributed by atoms with Gasteiger partial charge in [-0.25, -0.2) is 0 Å². The van der Waals surface area contributed by atoms with Crippen molar-refractivity contribution >= 4 is 16.7 Å². The van der Waals surface area contributed by atoms with Crippen molar-refractivity contribution in [3.8, 4) is 0 Å². The molecule has 1 aromatic heterocycles. The van der Waals surface area contributed by atoms with Crippen LogP contribution >= 0.6 is 0 Å². The number of ketones is 1. The number of para-hydroxylation sites is 1. The molecule has 0 fully saturated rings. The minimum atomic E-state index is 0.198. The van der Waals surface area contributed by atoms with E-state index in [4.69, 9.17) is 0 Å². The van der Waals surface area contributed by atoms with E-state index in [0.717, 1.165) is 23.0 Å². The topological polar surface area (TPSA) is 32.9 Å². The molecule has 1 aromatic carbocycles. The number of benzene rings is 1. The van der Waals surface area contributed by atoms with E-state index in [9.17, 15) is 4.79 Å². The van der Waals surface area contributed by atoms with Gasteiger partial charge in [-0.1, -0.05) is 25.1 Å². The molecule has 0 atom stereocenters. The number of rotatable bonds is 3. The molecule has 2 rings (SSSR count). The van der Waals surface area contributed by atoms with E-state index < -0.39 is 0 Å². The number of fused-ring (bicyclic) bond motifs is 1.